The molecular formula is C16H14Cl2N2O2. The molecule has 0 unspecified atom stereocenters. The van der Waals surface area contributed by atoms with Gasteiger partial charge in [0.05, 0.1) is 27.8 Å². The summed E-state index contributed by atoms with van der Waals surface area (Å²) in [4.78, 5) is 23.8. The largest absolute Gasteiger partial charge is 0.343 e. The van der Waals surface area contributed by atoms with Gasteiger partial charge in [0.25, 0.3) is 5.91 Å². The lowest BCUT2D eigenvalue weighted by Crippen LogP contribution is -2.33. The first-order valence-electron chi connectivity index (χ1n) is 6.56. The van der Waals surface area contributed by atoms with Gasteiger partial charge in [-0.1, -0.05) is 41.4 Å². The molecule has 2 N–H and O–H groups in total. The molecule has 2 aromatic rings. The van der Waals surface area contributed by atoms with Crippen molar-refractivity contribution in [3.05, 3.63) is 63.6 Å². The van der Waals surface area contributed by atoms with Gasteiger partial charge in [-0.2, -0.15) is 0 Å². The molecule has 0 saturated heterocycles. The summed E-state index contributed by atoms with van der Waals surface area (Å²) in [5, 5.41) is 5.94. The van der Waals surface area contributed by atoms with Crippen LogP contribution in [0.5, 0.6) is 0 Å². The molecule has 0 radical (unpaired) electrons. The van der Waals surface area contributed by atoms with Gasteiger partial charge >= 0.3 is 0 Å². The van der Waals surface area contributed by atoms with Gasteiger partial charge in [0.2, 0.25) is 5.91 Å². The molecule has 2 rings (SSSR count). The molecule has 22 heavy (non-hydrogen) atoms. The average molecular weight is 337 g/mol. The summed E-state index contributed by atoms with van der Waals surface area (Å²) in [5.41, 5.74) is 1.82. The number of hydrogen-bond acceptors (Lipinski definition) is 2. The van der Waals surface area contributed by atoms with Gasteiger partial charge in [0.15, 0.2) is 0 Å². The van der Waals surface area contributed by atoms with Crippen LogP contribution in [0.4, 0.5) is 5.69 Å². The van der Waals surface area contributed by atoms with Crippen molar-refractivity contribution in [1.82, 2.24) is 5.32 Å². The van der Waals surface area contributed by atoms with Crippen molar-refractivity contribution in [2.45, 2.75) is 6.92 Å². The SMILES string of the molecule is Cc1ccc(NC(=O)CNC(=O)c2ccccc2Cl)c(Cl)c1. The number of aryl methyl sites for hydroxylation is 1. The number of halogens is 2. The molecule has 2 aromatic carbocycles. The van der Waals surface area contributed by atoms with Crippen LogP contribution in [0.3, 0.4) is 0 Å². The predicted molar refractivity (Wildman–Crippen MR) is 88.6 cm³/mol. The highest BCUT2D eigenvalue weighted by atomic mass is 35.5. The van der Waals surface area contributed by atoms with E-state index in [-0.39, 0.29) is 12.5 Å². The smallest absolute Gasteiger partial charge is 0.253 e. The summed E-state index contributed by atoms with van der Waals surface area (Å²) in [6, 6.07) is 11.9. The fraction of sp³-hybridized carbons (Fsp3) is 0.125. The number of anilines is 1. The molecule has 4 nitrogen and oxygen atoms in total. The van der Waals surface area contributed by atoms with E-state index in [9.17, 15) is 9.59 Å². The monoisotopic (exact) mass is 336 g/mol. The highest BCUT2D eigenvalue weighted by molar-refractivity contribution is 6.34. The van der Waals surface area contributed by atoms with Crippen LogP contribution in [0.15, 0.2) is 42.5 Å². The quantitative estimate of drug-likeness (QED) is 0.894. The van der Waals surface area contributed by atoms with E-state index >= 15 is 0 Å². The van der Waals surface area contributed by atoms with Gasteiger partial charge in [-0.05, 0) is 36.8 Å². The molecule has 0 saturated carbocycles. The van der Waals surface area contributed by atoms with Crippen LogP contribution in [0.1, 0.15) is 15.9 Å². The third-order valence-electron chi connectivity index (χ3n) is 2.93. The molecule has 2 amide bonds. The first-order chi connectivity index (χ1) is 10.5. The summed E-state index contributed by atoms with van der Waals surface area (Å²) in [5.74, 6) is -0.776. The number of rotatable bonds is 4. The molecule has 0 heterocycles. The van der Waals surface area contributed by atoms with E-state index in [0.29, 0.717) is 21.3 Å². The number of carbonyl (C=O) groups is 2. The van der Waals surface area contributed by atoms with Crippen LogP contribution < -0.4 is 10.6 Å². The van der Waals surface area contributed by atoms with Crippen molar-refractivity contribution < 1.29 is 9.59 Å². The van der Waals surface area contributed by atoms with E-state index in [2.05, 4.69) is 10.6 Å². The predicted octanol–water partition coefficient (Wildman–Crippen LogP) is 3.67. The van der Waals surface area contributed by atoms with Gasteiger partial charge in [0, 0.05) is 0 Å². The maximum absolute atomic E-state index is 11.9. The van der Waals surface area contributed by atoms with Gasteiger partial charge in [0.1, 0.15) is 0 Å². The maximum Gasteiger partial charge on any atom is 0.253 e. The molecular weight excluding hydrogens is 323 g/mol. The zero-order valence-electron chi connectivity index (χ0n) is 11.8. The second kappa shape index (κ2) is 7.29. The number of nitrogens with one attached hydrogen (secondary N) is 2. The number of benzene rings is 2. The van der Waals surface area contributed by atoms with Crippen molar-refractivity contribution in [2.24, 2.45) is 0 Å². The second-order valence-electron chi connectivity index (χ2n) is 4.69. The van der Waals surface area contributed by atoms with Gasteiger partial charge in [-0.25, -0.2) is 0 Å². The van der Waals surface area contributed by atoms with Crippen molar-refractivity contribution in [1.29, 1.82) is 0 Å². The fourth-order valence-electron chi connectivity index (χ4n) is 1.82. The highest BCUT2D eigenvalue weighted by Gasteiger charge is 2.11. The number of hydrogen-bond donors (Lipinski definition) is 2. The van der Waals surface area contributed by atoms with Crippen molar-refractivity contribution in [3.63, 3.8) is 0 Å². The Morgan fingerprint density at radius 2 is 1.77 bits per heavy atom. The summed E-state index contributed by atoms with van der Waals surface area (Å²) in [7, 11) is 0. The van der Waals surface area contributed by atoms with Crippen LogP contribution in [0.25, 0.3) is 0 Å². The Labute approximate surface area is 138 Å². The van der Waals surface area contributed by atoms with Gasteiger partial charge in [-0.3, -0.25) is 9.59 Å². The highest BCUT2D eigenvalue weighted by Crippen LogP contribution is 2.22. The molecule has 114 valence electrons. The van der Waals surface area contributed by atoms with Crippen LogP contribution in [0, 0.1) is 6.92 Å². The summed E-state index contributed by atoms with van der Waals surface area (Å²) in [6.45, 7) is 1.73. The van der Waals surface area contributed by atoms with E-state index in [4.69, 9.17) is 23.2 Å². The lowest BCUT2D eigenvalue weighted by Gasteiger charge is -2.09. The average Bonchev–Trinajstić information content (AvgIpc) is 2.48. The summed E-state index contributed by atoms with van der Waals surface area (Å²) in [6.07, 6.45) is 0. The number of amides is 2. The van der Waals surface area contributed by atoms with Gasteiger partial charge < -0.3 is 10.6 Å². The zero-order valence-corrected chi connectivity index (χ0v) is 13.3. The second-order valence-corrected chi connectivity index (χ2v) is 5.51. The summed E-state index contributed by atoms with van der Waals surface area (Å²) >= 11 is 12.0. The summed E-state index contributed by atoms with van der Waals surface area (Å²) < 4.78 is 0. The van der Waals surface area contributed by atoms with Crippen molar-refractivity contribution >= 4 is 40.7 Å². The van der Waals surface area contributed by atoms with E-state index in [0.717, 1.165) is 5.56 Å². The van der Waals surface area contributed by atoms with Crippen molar-refractivity contribution in [2.75, 3.05) is 11.9 Å². The van der Waals surface area contributed by atoms with Crippen LogP contribution in [-0.2, 0) is 4.79 Å². The molecule has 0 atom stereocenters. The molecule has 0 aliphatic carbocycles. The van der Waals surface area contributed by atoms with Crippen molar-refractivity contribution in [3.8, 4) is 0 Å². The van der Waals surface area contributed by atoms with E-state index in [1.807, 2.05) is 13.0 Å². The Morgan fingerprint density at radius 3 is 2.45 bits per heavy atom. The van der Waals surface area contributed by atoms with Crippen LogP contribution in [0.2, 0.25) is 10.0 Å². The Kier molecular flexibility index (Phi) is 5.41. The Bertz CT molecular complexity index is 717. The van der Waals surface area contributed by atoms with E-state index < -0.39 is 5.91 Å². The topological polar surface area (TPSA) is 58.2 Å². The minimum absolute atomic E-state index is 0.172. The molecule has 0 aliphatic rings. The van der Waals surface area contributed by atoms with E-state index in [1.165, 1.54) is 0 Å². The zero-order chi connectivity index (χ0) is 16.1. The molecule has 6 heteroatoms. The van der Waals surface area contributed by atoms with Gasteiger partial charge in [-0.15, -0.1) is 0 Å². The third kappa shape index (κ3) is 4.23. The maximum atomic E-state index is 11.9. The molecule has 0 spiro atoms. The first kappa shape index (κ1) is 16.3. The molecule has 0 bridgehead atoms. The molecule has 0 aromatic heterocycles. The standard InChI is InChI=1S/C16H14Cl2N2O2/c1-10-6-7-14(13(18)8-10)20-15(21)9-19-16(22)11-4-2-3-5-12(11)17/h2-8H,9H2,1H3,(H,19,22)(H,20,21). The fourth-order valence-corrected chi connectivity index (χ4v) is 2.32. The Balaban J connectivity index is 1.93. The lowest BCUT2D eigenvalue weighted by molar-refractivity contribution is -0.115. The normalized spacial score (nSPS) is 10.1. The molecule has 0 aliphatic heterocycles. The minimum Gasteiger partial charge on any atom is -0.343 e. The third-order valence-corrected chi connectivity index (χ3v) is 3.57. The minimum atomic E-state index is -0.407. The van der Waals surface area contributed by atoms with E-state index in [1.54, 1.807) is 36.4 Å². The lowest BCUT2D eigenvalue weighted by atomic mass is 10.2. The molecule has 0 fully saturated rings. The Hall–Kier alpha value is -2.04. The first-order valence-corrected chi connectivity index (χ1v) is 7.31. The Morgan fingerprint density at radius 1 is 1.05 bits per heavy atom. The van der Waals surface area contributed by atoms with Crippen LogP contribution in [-0.4, -0.2) is 18.4 Å². The van der Waals surface area contributed by atoms with Crippen LogP contribution >= 0.6 is 23.2 Å². The number of carbonyl (C=O) groups excluding carboxylic acids is 2.